The molecule has 0 atom stereocenters. The molecule has 2 rings (SSSR count). The van der Waals surface area contributed by atoms with Crippen molar-refractivity contribution in [1.29, 1.82) is 0 Å². The lowest BCUT2D eigenvalue weighted by Gasteiger charge is -2.10. The molecular weight excluding hydrogens is 346 g/mol. The van der Waals surface area contributed by atoms with Gasteiger partial charge in [-0.2, -0.15) is 0 Å². The van der Waals surface area contributed by atoms with Gasteiger partial charge in [-0.1, -0.05) is 23.7 Å². The molecule has 0 aliphatic carbocycles. The molecule has 0 bridgehead atoms. The van der Waals surface area contributed by atoms with Gasteiger partial charge in [0.15, 0.2) is 6.61 Å². The topological polar surface area (TPSA) is 73.9 Å². The van der Waals surface area contributed by atoms with Crippen LogP contribution in [0, 0.1) is 0 Å². The summed E-state index contributed by atoms with van der Waals surface area (Å²) in [5.41, 5.74) is 1.03. The number of methoxy groups -OCH3 is 2. The summed E-state index contributed by atoms with van der Waals surface area (Å²) in [5.74, 6) is -0.0783. The number of esters is 1. The molecule has 1 amide bonds. The van der Waals surface area contributed by atoms with Gasteiger partial charge in [-0.05, 0) is 35.9 Å². The smallest absolute Gasteiger partial charge is 0.342 e. The van der Waals surface area contributed by atoms with Gasteiger partial charge < -0.3 is 19.5 Å². The fraction of sp³-hybridized carbons (Fsp3) is 0.222. The lowest BCUT2D eigenvalue weighted by molar-refractivity contribution is -0.124. The molecule has 132 valence electrons. The molecule has 2 aromatic rings. The SMILES string of the molecule is COc1cccc(CNC(=O)COC(=O)c2cc(Cl)ccc2OC)c1. The first-order valence-corrected chi connectivity index (χ1v) is 7.81. The van der Waals surface area contributed by atoms with Crippen molar-refractivity contribution in [3.8, 4) is 11.5 Å². The third-order valence-corrected chi connectivity index (χ3v) is 3.57. The Morgan fingerprint density at radius 2 is 1.88 bits per heavy atom. The first-order valence-electron chi connectivity index (χ1n) is 7.43. The number of ether oxygens (including phenoxy) is 3. The lowest BCUT2D eigenvalue weighted by atomic mass is 10.2. The van der Waals surface area contributed by atoms with Crippen molar-refractivity contribution < 1.29 is 23.8 Å². The quantitative estimate of drug-likeness (QED) is 0.766. The van der Waals surface area contributed by atoms with Gasteiger partial charge >= 0.3 is 5.97 Å². The van der Waals surface area contributed by atoms with Crippen molar-refractivity contribution in [1.82, 2.24) is 5.32 Å². The first kappa shape index (κ1) is 18.6. The Balaban J connectivity index is 1.87. The highest BCUT2D eigenvalue weighted by atomic mass is 35.5. The fourth-order valence-corrected chi connectivity index (χ4v) is 2.25. The summed E-state index contributed by atoms with van der Waals surface area (Å²) in [6, 6.07) is 11.9. The number of carbonyl (C=O) groups is 2. The number of hydrogen-bond acceptors (Lipinski definition) is 5. The molecule has 0 aromatic heterocycles. The van der Waals surface area contributed by atoms with Gasteiger partial charge in [0.1, 0.15) is 17.1 Å². The van der Waals surface area contributed by atoms with Gasteiger partial charge in [-0.25, -0.2) is 4.79 Å². The molecule has 7 heteroatoms. The van der Waals surface area contributed by atoms with E-state index in [1.54, 1.807) is 19.2 Å². The zero-order valence-corrected chi connectivity index (χ0v) is 14.6. The van der Waals surface area contributed by atoms with Crippen molar-refractivity contribution in [2.24, 2.45) is 0 Å². The fourth-order valence-electron chi connectivity index (χ4n) is 2.08. The van der Waals surface area contributed by atoms with Crippen LogP contribution in [-0.4, -0.2) is 32.7 Å². The van der Waals surface area contributed by atoms with Crippen LogP contribution in [0.1, 0.15) is 15.9 Å². The number of carbonyl (C=O) groups excluding carboxylic acids is 2. The first-order chi connectivity index (χ1) is 12.0. The molecule has 0 radical (unpaired) electrons. The predicted octanol–water partition coefficient (Wildman–Crippen LogP) is 2.83. The van der Waals surface area contributed by atoms with E-state index in [0.29, 0.717) is 23.1 Å². The number of hydrogen-bond donors (Lipinski definition) is 1. The van der Waals surface area contributed by atoms with Crippen LogP contribution in [0.15, 0.2) is 42.5 Å². The summed E-state index contributed by atoms with van der Waals surface area (Å²) < 4.78 is 15.2. The van der Waals surface area contributed by atoms with E-state index in [9.17, 15) is 9.59 Å². The largest absolute Gasteiger partial charge is 0.497 e. The number of amides is 1. The maximum atomic E-state index is 12.1. The molecular formula is C18H18ClNO5. The van der Waals surface area contributed by atoms with E-state index in [0.717, 1.165) is 5.56 Å². The normalized spacial score (nSPS) is 10.0. The molecule has 0 saturated heterocycles. The van der Waals surface area contributed by atoms with E-state index in [-0.39, 0.29) is 5.56 Å². The molecule has 2 aromatic carbocycles. The Morgan fingerprint density at radius 1 is 1.08 bits per heavy atom. The minimum Gasteiger partial charge on any atom is -0.497 e. The number of rotatable bonds is 7. The second-order valence-electron chi connectivity index (χ2n) is 5.05. The maximum absolute atomic E-state index is 12.1. The van der Waals surface area contributed by atoms with Gasteiger partial charge in [0.2, 0.25) is 0 Å². The van der Waals surface area contributed by atoms with Crippen LogP contribution in [-0.2, 0) is 16.1 Å². The van der Waals surface area contributed by atoms with Crippen molar-refractivity contribution >= 4 is 23.5 Å². The van der Waals surface area contributed by atoms with Crippen LogP contribution < -0.4 is 14.8 Å². The van der Waals surface area contributed by atoms with E-state index in [1.807, 2.05) is 24.3 Å². The van der Waals surface area contributed by atoms with Crippen LogP contribution in [0.5, 0.6) is 11.5 Å². The Hall–Kier alpha value is -2.73. The van der Waals surface area contributed by atoms with Crippen LogP contribution in [0.4, 0.5) is 0 Å². The van der Waals surface area contributed by atoms with Crippen molar-refractivity contribution in [2.45, 2.75) is 6.54 Å². The summed E-state index contributed by atoms with van der Waals surface area (Å²) >= 11 is 5.87. The van der Waals surface area contributed by atoms with Crippen molar-refractivity contribution in [3.05, 3.63) is 58.6 Å². The van der Waals surface area contributed by atoms with E-state index in [2.05, 4.69) is 5.32 Å². The molecule has 1 N–H and O–H groups in total. The summed E-state index contributed by atoms with van der Waals surface area (Å²) in [7, 11) is 3.00. The summed E-state index contributed by atoms with van der Waals surface area (Å²) in [4.78, 5) is 23.9. The number of nitrogens with one attached hydrogen (secondary N) is 1. The highest BCUT2D eigenvalue weighted by molar-refractivity contribution is 6.31. The standard InChI is InChI=1S/C18H18ClNO5/c1-23-14-5-3-4-12(8-14)10-20-17(21)11-25-18(22)15-9-13(19)6-7-16(15)24-2/h3-9H,10-11H2,1-2H3,(H,20,21). The zero-order valence-electron chi connectivity index (χ0n) is 13.9. The second-order valence-corrected chi connectivity index (χ2v) is 5.49. The Bertz CT molecular complexity index is 763. The zero-order chi connectivity index (χ0) is 18.2. The molecule has 0 heterocycles. The minimum absolute atomic E-state index is 0.163. The lowest BCUT2D eigenvalue weighted by Crippen LogP contribution is -2.28. The average molecular weight is 364 g/mol. The molecule has 0 aliphatic heterocycles. The summed E-state index contributed by atoms with van der Waals surface area (Å²) in [6.07, 6.45) is 0. The van der Waals surface area contributed by atoms with Crippen molar-refractivity contribution in [3.63, 3.8) is 0 Å². The Morgan fingerprint density at radius 3 is 2.60 bits per heavy atom. The summed E-state index contributed by atoms with van der Waals surface area (Å²) in [5, 5.41) is 3.04. The molecule has 0 fully saturated rings. The molecule has 0 saturated carbocycles. The van der Waals surface area contributed by atoms with Crippen LogP contribution >= 0.6 is 11.6 Å². The van der Waals surface area contributed by atoms with Crippen LogP contribution in [0.3, 0.4) is 0 Å². The average Bonchev–Trinajstić information content (AvgIpc) is 2.64. The molecule has 0 spiro atoms. The minimum atomic E-state index is -0.684. The third-order valence-electron chi connectivity index (χ3n) is 3.34. The number of benzene rings is 2. The second kappa shape index (κ2) is 8.94. The summed E-state index contributed by atoms with van der Waals surface area (Å²) in [6.45, 7) is -0.105. The Kier molecular flexibility index (Phi) is 6.65. The third kappa shape index (κ3) is 5.39. The molecule has 6 nitrogen and oxygen atoms in total. The van der Waals surface area contributed by atoms with Crippen LogP contribution in [0.2, 0.25) is 5.02 Å². The highest BCUT2D eigenvalue weighted by Gasteiger charge is 2.16. The maximum Gasteiger partial charge on any atom is 0.342 e. The van der Waals surface area contributed by atoms with Crippen molar-refractivity contribution in [2.75, 3.05) is 20.8 Å². The van der Waals surface area contributed by atoms with Gasteiger partial charge in [-0.15, -0.1) is 0 Å². The monoisotopic (exact) mass is 363 g/mol. The number of halogens is 1. The van der Waals surface area contributed by atoms with E-state index < -0.39 is 18.5 Å². The molecule has 25 heavy (non-hydrogen) atoms. The van der Waals surface area contributed by atoms with Crippen LogP contribution in [0.25, 0.3) is 0 Å². The van der Waals surface area contributed by atoms with E-state index in [1.165, 1.54) is 13.2 Å². The van der Waals surface area contributed by atoms with Gasteiger partial charge in [0.05, 0.1) is 14.2 Å². The van der Waals surface area contributed by atoms with Gasteiger partial charge in [-0.3, -0.25) is 4.79 Å². The highest BCUT2D eigenvalue weighted by Crippen LogP contribution is 2.23. The van der Waals surface area contributed by atoms with Gasteiger partial charge in [0.25, 0.3) is 5.91 Å². The van der Waals surface area contributed by atoms with E-state index in [4.69, 9.17) is 25.8 Å². The predicted molar refractivity (Wildman–Crippen MR) is 93.1 cm³/mol. The van der Waals surface area contributed by atoms with E-state index >= 15 is 0 Å². The van der Waals surface area contributed by atoms with Gasteiger partial charge in [0, 0.05) is 11.6 Å². The Labute approximate surface area is 150 Å². The molecule has 0 aliphatic rings. The molecule has 0 unspecified atom stereocenters.